The quantitative estimate of drug-likeness (QED) is 0.853. The van der Waals surface area contributed by atoms with Gasteiger partial charge in [-0.05, 0) is 55.2 Å². The molecule has 0 radical (unpaired) electrons. The van der Waals surface area contributed by atoms with Crippen LogP contribution in [-0.2, 0) is 16.6 Å². The predicted octanol–water partition coefficient (Wildman–Crippen LogP) is 2.67. The number of aryl methyl sites for hydroxylation is 2. The molecular formula is C16H20N2O2S. The highest BCUT2D eigenvalue weighted by molar-refractivity contribution is 7.89. The summed E-state index contributed by atoms with van der Waals surface area (Å²) in [5.74, 6) is 0. The monoisotopic (exact) mass is 304 g/mol. The van der Waals surface area contributed by atoms with Gasteiger partial charge in [-0.25, -0.2) is 13.1 Å². The van der Waals surface area contributed by atoms with Gasteiger partial charge >= 0.3 is 0 Å². The molecule has 0 aliphatic rings. The molecule has 0 unspecified atom stereocenters. The summed E-state index contributed by atoms with van der Waals surface area (Å²) >= 11 is 0. The molecule has 0 bridgehead atoms. The minimum Gasteiger partial charge on any atom is -0.398 e. The van der Waals surface area contributed by atoms with Gasteiger partial charge in [0.25, 0.3) is 0 Å². The third-order valence-corrected chi connectivity index (χ3v) is 5.08. The maximum atomic E-state index is 12.5. The Labute approximate surface area is 126 Å². The molecule has 2 aromatic rings. The number of rotatable bonds is 4. The minimum absolute atomic E-state index is 0.244. The Morgan fingerprint density at radius 1 is 1.10 bits per heavy atom. The molecule has 4 nitrogen and oxygen atoms in total. The highest BCUT2D eigenvalue weighted by atomic mass is 32.2. The maximum absolute atomic E-state index is 12.5. The van der Waals surface area contributed by atoms with E-state index >= 15 is 0 Å². The first-order valence-electron chi connectivity index (χ1n) is 6.72. The van der Waals surface area contributed by atoms with Gasteiger partial charge in [-0.15, -0.1) is 0 Å². The van der Waals surface area contributed by atoms with Gasteiger partial charge in [0.15, 0.2) is 0 Å². The molecule has 0 atom stereocenters. The van der Waals surface area contributed by atoms with Gasteiger partial charge in [0, 0.05) is 12.2 Å². The Balaban J connectivity index is 2.30. The second-order valence-corrected chi connectivity index (χ2v) is 6.96. The van der Waals surface area contributed by atoms with Crippen LogP contribution in [0.3, 0.4) is 0 Å². The van der Waals surface area contributed by atoms with Crippen molar-refractivity contribution >= 4 is 15.7 Å². The highest BCUT2D eigenvalue weighted by Crippen LogP contribution is 2.23. The standard InChI is InChI=1S/C16H20N2O2S/c1-11-8-15(17)13(3)16(9-11)21(19,20)18-10-14-7-5-4-6-12(14)2/h4-9,18H,10,17H2,1-3H3. The Morgan fingerprint density at radius 3 is 2.43 bits per heavy atom. The van der Waals surface area contributed by atoms with E-state index in [-0.39, 0.29) is 11.4 Å². The molecule has 0 aliphatic carbocycles. The summed E-state index contributed by atoms with van der Waals surface area (Å²) < 4.78 is 27.6. The van der Waals surface area contributed by atoms with Crippen molar-refractivity contribution in [3.63, 3.8) is 0 Å². The second-order valence-electron chi connectivity index (χ2n) is 5.23. The van der Waals surface area contributed by atoms with Crippen molar-refractivity contribution in [2.45, 2.75) is 32.2 Å². The molecule has 2 rings (SSSR count). The number of nitrogen functional groups attached to an aromatic ring is 1. The molecule has 0 aromatic heterocycles. The fourth-order valence-corrected chi connectivity index (χ4v) is 3.55. The van der Waals surface area contributed by atoms with E-state index in [4.69, 9.17) is 5.73 Å². The summed E-state index contributed by atoms with van der Waals surface area (Å²) in [4.78, 5) is 0.244. The molecule has 3 N–H and O–H groups in total. The van der Waals surface area contributed by atoms with Gasteiger partial charge in [-0.2, -0.15) is 0 Å². The lowest BCUT2D eigenvalue weighted by molar-refractivity contribution is 0.580. The molecule has 0 amide bonds. The molecule has 112 valence electrons. The van der Waals surface area contributed by atoms with Gasteiger partial charge in [0.2, 0.25) is 10.0 Å². The Hall–Kier alpha value is -1.85. The first-order chi connectivity index (χ1) is 9.81. The number of benzene rings is 2. The van der Waals surface area contributed by atoms with Crippen LogP contribution < -0.4 is 10.5 Å². The Morgan fingerprint density at radius 2 is 1.76 bits per heavy atom. The summed E-state index contributed by atoms with van der Waals surface area (Å²) in [5.41, 5.74) is 9.77. The van der Waals surface area contributed by atoms with Crippen LogP contribution in [0.1, 0.15) is 22.3 Å². The summed E-state index contributed by atoms with van der Waals surface area (Å²) in [7, 11) is -3.58. The number of hydrogen-bond acceptors (Lipinski definition) is 3. The molecule has 5 heteroatoms. The molecule has 2 aromatic carbocycles. The fourth-order valence-electron chi connectivity index (χ4n) is 2.19. The Kier molecular flexibility index (Phi) is 4.34. The largest absolute Gasteiger partial charge is 0.398 e. The molecule has 0 saturated heterocycles. The number of sulfonamides is 1. The van der Waals surface area contributed by atoms with Gasteiger partial charge in [0.1, 0.15) is 0 Å². The van der Waals surface area contributed by atoms with Crippen LogP contribution in [0.5, 0.6) is 0 Å². The molecule has 0 spiro atoms. The number of nitrogens with two attached hydrogens (primary N) is 1. The van der Waals surface area contributed by atoms with E-state index in [2.05, 4.69) is 4.72 Å². The maximum Gasteiger partial charge on any atom is 0.241 e. The zero-order valence-electron chi connectivity index (χ0n) is 12.5. The lowest BCUT2D eigenvalue weighted by atomic mass is 10.1. The summed E-state index contributed by atoms with van der Waals surface area (Å²) in [6, 6.07) is 11.1. The van der Waals surface area contributed by atoms with Crippen LogP contribution in [0.4, 0.5) is 5.69 Å². The molecule has 21 heavy (non-hydrogen) atoms. The molecule has 0 heterocycles. The van der Waals surface area contributed by atoms with Crippen LogP contribution in [0, 0.1) is 20.8 Å². The van der Waals surface area contributed by atoms with Crippen molar-refractivity contribution in [2.75, 3.05) is 5.73 Å². The zero-order valence-corrected chi connectivity index (χ0v) is 13.3. The van der Waals surface area contributed by atoms with Gasteiger partial charge in [0.05, 0.1) is 4.90 Å². The second kappa shape index (κ2) is 5.87. The molecular weight excluding hydrogens is 284 g/mol. The highest BCUT2D eigenvalue weighted by Gasteiger charge is 2.18. The summed E-state index contributed by atoms with van der Waals surface area (Å²) in [5, 5.41) is 0. The van der Waals surface area contributed by atoms with Crippen molar-refractivity contribution in [1.82, 2.24) is 4.72 Å². The van der Waals surface area contributed by atoms with Crippen molar-refractivity contribution in [3.05, 3.63) is 58.7 Å². The Bertz CT molecular complexity index is 768. The van der Waals surface area contributed by atoms with E-state index in [0.717, 1.165) is 16.7 Å². The van der Waals surface area contributed by atoms with Crippen molar-refractivity contribution in [2.24, 2.45) is 0 Å². The number of anilines is 1. The van der Waals surface area contributed by atoms with Crippen molar-refractivity contribution in [1.29, 1.82) is 0 Å². The van der Waals surface area contributed by atoms with E-state index in [9.17, 15) is 8.42 Å². The van der Waals surface area contributed by atoms with E-state index in [1.54, 1.807) is 19.1 Å². The normalized spacial score (nSPS) is 11.6. The lowest BCUT2D eigenvalue weighted by Crippen LogP contribution is -2.24. The predicted molar refractivity (Wildman–Crippen MR) is 85.5 cm³/mol. The van der Waals surface area contributed by atoms with Gasteiger partial charge < -0.3 is 5.73 Å². The van der Waals surface area contributed by atoms with E-state index in [1.165, 1.54) is 0 Å². The smallest absolute Gasteiger partial charge is 0.241 e. The summed E-state index contributed by atoms with van der Waals surface area (Å²) in [6.45, 7) is 5.77. The number of nitrogens with one attached hydrogen (secondary N) is 1. The van der Waals surface area contributed by atoms with Gasteiger partial charge in [-0.1, -0.05) is 24.3 Å². The van der Waals surface area contributed by atoms with E-state index in [1.807, 2.05) is 38.1 Å². The van der Waals surface area contributed by atoms with Crippen LogP contribution in [0.2, 0.25) is 0 Å². The first kappa shape index (κ1) is 15.5. The van der Waals surface area contributed by atoms with Crippen LogP contribution in [0.15, 0.2) is 41.3 Å². The SMILES string of the molecule is Cc1cc(N)c(C)c(S(=O)(=O)NCc2ccccc2C)c1. The van der Waals surface area contributed by atoms with Gasteiger partial charge in [-0.3, -0.25) is 0 Å². The minimum atomic E-state index is -3.58. The van der Waals surface area contributed by atoms with Crippen LogP contribution >= 0.6 is 0 Å². The first-order valence-corrected chi connectivity index (χ1v) is 8.20. The average Bonchev–Trinajstić information content (AvgIpc) is 2.42. The third kappa shape index (κ3) is 3.43. The average molecular weight is 304 g/mol. The van der Waals surface area contributed by atoms with Crippen molar-refractivity contribution in [3.8, 4) is 0 Å². The fraction of sp³-hybridized carbons (Fsp3) is 0.250. The molecule has 0 saturated carbocycles. The van der Waals surface area contributed by atoms with Crippen LogP contribution in [0.25, 0.3) is 0 Å². The lowest BCUT2D eigenvalue weighted by Gasteiger charge is -2.13. The molecule has 0 fully saturated rings. The van der Waals surface area contributed by atoms with E-state index in [0.29, 0.717) is 11.3 Å². The topological polar surface area (TPSA) is 72.2 Å². The van der Waals surface area contributed by atoms with Crippen molar-refractivity contribution < 1.29 is 8.42 Å². The van der Waals surface area contributed by atoms with E-state index < -0.39 is 10.0 Å². The zero-order chi connectivity index (χ0) is 15.6. The third-order valence-electron chi connectivity index (χ3n) is 3.55. The number of hydrogen-bond donors (Lipinski definition) is 2. The summed E-state index contributed by atoms with van der Waals surface area (Å²) in [6.07, 6.45) is 0. The molecule has 0 aliphatic heterocycles. The van der Waals surface area contributed by atoms with Crippen LogP contribution in [-0.4, -0.2) is 8.42 Å².